The third kappa shape index (κ3) is 18.0. The van der Waals surface area contributed by atoms with E-state index in [4.69, 9.17) is 34.8 Å². The Labute approximate surface area is 408 Å². The molecule has 7 rings (SSSR count). The van der Waals surface area contributed by atoms with Crippen LogP contribution in [0.3, 0.4) is 0 Å². The molecular formula is C44H37N11O12S4. The molecule has 1 heterocycles. The van der Waals surface area contributed by atoms with Crippen molar-refractivity contribution in [2.24, 2.45) is 40.9 Å². The van der Waals surface area contributed by atoms with Crippen LogP contribution >= 0.6 is 0 Å². The highest BCUT2D eigenvalue weighted by Crippen LogP contribution is 2.33. The van der Waals surface area contributed by atoms with Gasteiger partial charge in [-0.1, -0.05) is 42.5 Å². The van der Waals surface area contributed by atoms with Gasteiger partial charge in [0.15, 0.2) is 0 Å². The summed E-state index contributed by atoms with van der Waals surface area (Å²) in [5, 5.41) is 33.6. The van der Waals surface area contributed by atoms with E-state index in [0.717, 1.165) is 22.3 Å². The Bertz CT molecular complexity index is 3600. The monoisotopic (exact) mass is 1040 g/mol. The Morgan fingerprint density at radius 3 is 1.23 bits per heavy atom. The van der Waals surface area contributed by atoms with Crippen molar-refractivity contribution in [1.82, 2.24) is 15.0 Å². The highest BCUT2D eigenvalue weighted by molar-refractivity contribution is 7.86. The second-order valence-corrected chi connectivity index (χ2v) is 18.1. The molecule has 1 aromatic heterocycles. The normalized spacial score (nSPS) is 11.6. The molecule has 0 radical (unpaired) electrons. The lowest BCUT2D eigenvalue weighted by molar-refractivity contribution is 0.481. The molecule has 0 bridgehead atoms. The topological polar surface area (TPSA) is 349 Å². The molecule has 71 heavy (non-hydrogen) atoms. The largest absolute Gasteiger partial charge is 0.425 e. The van der Waals surface area contributed by atoms with E-state index in [1.165, 1.54) is 42.5 Å². The Morgan fingerprint density at radius 1 is 0.423 bits per heavy atom. The Balaban J connectivity index is 0.00000109. The number of aryl methyl sites for hydroxylation is 3. The van der Waals surface area contributed by atoms with Gasteiger partial charge >= 0.3 is 21.2 Å². The summed E-state index contributed by atoms with van der Waals surface area (Å²) in [6.07, 6.45) is 0.895. The van der Waals surface area contributed by atoms with Crippen LogP contribution in [0.25, 0.3) is 0 Å². The molecule has 6 aromatic carbocycles. The van der Waals surface area contributed by atoms with Gasteiger partial charge in [0.2, 0.25) is 0 Å². The van der Waals surface area contributed by atoms with E-state index >= 15 is 0 Å². The summed E-state index contributed by atoms with van der Waals surface area (Å²) in [7, 11) is -15.2. The molecule has 0 aliphatic rings. The van der Waals surface area contributed by atoms with Crippen molar-refractivity contribution in [3.63, 3.8) is 0 Å². The van der Waals surface area contributed by atoms with E-state index in [1.54, 1.807) is 54.6 Å². The maximum atomic E-state index is 12.2. The minimum Gasteiger partial charge on any atom is -0.282 e. The summed E-state index contributed by atoms with van der Waals surface area (Å²) >= 11 is 0. The molecule has 2 N–H and O–H groups in total. The molecule has 0 amide bonds. The van der Waals surface area contributed by atoms with Crippen molar-refractivity contribution >= 4 is 87.0 Å². The maximum absolute atomic E-state index is 12.2. The molecule has 0 saturated heterocycles. The zero-order valence-electron chi connectivity index (χ0n) is 37.1. The number of hydrogen-bond donors (Lipinski definition) is 2. The fourth-order valence-corrected chi connectivity index (χ4v) is 7.19. The van der Waals surface area contributed by atoms with Gasteiger partial charge in [0.1, 0.15) is 28.1 Å². The van der Waals surface area contributed by atoms with E-state index in [1.807, 2.05) is 57.2 Å². The molecule has 0 aliphatic carbocycles. The molecule has 7 aromatic rings. The van der Waals surface area contributed by atoms with Crippen molar-refractivity contribution in [2.45, 2.75) is 43.4 Å². The second kappa shape index (κ2) is 24.9. The third-order valence-electron chi connectivity index (χ3n) is 9.15. The average molecular weight is 1040 g/mol. The van der Waals surface area contributed by atoms with Gasteiger partial charge in [-0.25, -0.2) is 15.0 Å². The first-order chi connectivity index (χ1) is 33.6. The van der Waals surface area contributed by atoms with Gasteiger partial charge in [-0.15, -0.1) is 30.4 Å². The minimum absolute atomic E-state index is 0.0549. The van der Waals surface area contributed by atoms with Gasteiger partial charge in [0.25, 0.3) is 20.2 Å². The van der Waals surface area contributed by atoms with E-state index in [2.05, 4.69) is 50.9 Å². The summed E-state index contributed by atoms with van der Waals surface area (Å²) in [6.45, 7) is 5.63. The molecule has 0 atom stereocenters. The third-order valence-corrected chi connectivity index (χ3v) is 10.9. The fraction of sp³-hybridized carbons (Fsp3) is 0.114. The second-order valence-electron chi connectivity index (χ2n) is 14.5. The van der Waals surface area contributed by atoms with E-state index in [9.17, 15) is 21.4 Å². The average Bonchev–Trinajstić information content (AvgIpc) is 3.29. The van der Waals surface area contributed by atoms with Crippen LogP contribution in [0.5, 0.6) is 0 Å². The van der Waals surface area contributed by atoms with Gasteiger partial charge in [0, 0.05) is 12.8 Å². The zero-order chi connectivity index (χ0) is 51.7. The van der Waals surface area contributed by atoms with E-state index in [-0.39, 0.29) is 16.3 Å². The molecule has 23 nitrogen and oxygen atoms in total. The Kier molecular flexibility index (Phi) is 18.8. The van der Waals surface area contributed by atoms with Crippen LogP contribution in [-0.2, 0) is 54.3 Å². The predicted octanol–water partition coefficient (Wildman–Crippen LogP) is 10.1. The summed E-state index contributed by atoms with van der Waals surface area (Å²) in [5.41, 5.74) is 7.13. The number of azo groups is 4. The Hall–Kier alpha value is -8.21. The molecular weight excluding hydrogens is 1000 g/mol. The first-order valence-corrected chi connectivity index (χ1v) is 24.9. The van der Waals surface area contributed by atoms with Crippen LogP contribution in [0.2, 0.25) is 0 Å². The molecule has 0 spiro atoms. The maximum Gasteiger partial charge on any atom is 0.425 e. The SMILES string of the molecule is Cc1nc(Cc2ccc(N=Nc3ccc(N=Nc4ccc(S(=O)(=O)O)cc4)cc3)c(C)c2)nc(Cc2ccc(N=Nc3ccc(N=Nc4ccccc4)cc3S(=O)(=O)O)c(C)c2)n1.O=S(=O)=O.O=S(=O)=O. The summed E-state index contributed by atoms with van der Waals surface area (Å²) in [5.74, 6) is 1.80. The van der Waals surface area contributed by atoms with Crippen LogP contribution < -0.4 is 0 Å². The molecule has 0 saturated carbocycles. The lowest BCUT2D eigenvalue weighted by atomic mass is 10.1. The first-order valence-electron chi connectivity index (χ1n) is 20.1. The van der Waals surface area contributed by atoms with Gasteiger partial charge in [0.05, 0.1) is 44.7 Å². The summed E-state index contributed by atoms with van der Waals surface area (Å²) in [6, 6.07) is 36.8. The molecule has 0 unspecified atom stereocenters. The fourth-order valence-electron chi connectivity index (χ4n) is 6.07. The summed E-state index contributed by atoms with van der Waals surface area (Å²) < 4.78 is 117. The quantitative estimate of drug-likeness (QED) is 0.0755. The van der Waals surface area contributed by atoms with E-state index < -0.39 is 46.3 Å². The Morgan fingerprint density at radius 2 is 0.789 bits per heavy atom. The highest BCUT2D eigenvalue weighted by Gasteiger charge is 2.17. The molecule has 0 aliphatic heterocycles. The van der Waals surface area contributed by atoms with Crippen molar-refractivity contribution < 1.29 is 51.2 Å². The van der Waals surface area contributed by atoms with Crippen LogP contribution in [0, 0.1) is 20.8 Å². The van der Waals surface area contributed by atoms with Crippen LogP contribution in [-0.4, -0.2) is 66.1 Å². The number of benzene rings is 6. The number of nitrogens with zero attached hydrogens (tertiary/aromatic N) is 11. The molecule has 27 heteroatoms. The number of hydrogen-bond acceptors (Lipinski definition) is 21. The zero-order valence-corrected chi connectivity index (χ0v) is 40.4. The molecule has 0 fully saturated rings. The number of aromatic nitrogens is 3. The first kappa shape index (κ1) is 53.7. The number of rotatable bonds is 14. The van der Waals surface area contributed by atoms with Crippen LogP contribution in [0.1, 0.15) is 39.7 Å². The molecule has 364 valence electrons. The smallest absolute Gasteiger partial charge is 0.282 e. The summed E-state index contributed by atoms with van der Waals surface area (Å²) in [4.78, 5) is 13.2. The predicted molar refractivity (Wildman–Crippen MR) is 254 cm³/mol. The van der Waals surface area contributed by atoms with E-state index in [0.29, 0.717) is 64.4 Å². The van der Waals surface area contributed by atoms with Crippen molar-refractivity contribution in [2.75, 3.05) is 0 Å². The van der Waals surface area contributed by atoms with Crippen molar-refractivity contribution in [1.29, 1.82) is 0 Å². The van der Waals surface area contributed by atoms with Gasteiger partial charge in [-0.2, -0.15) is 52.6 Å². The van der Waals surface area contributed by atoms with Gasteiger partial charge in [-0.3, -0.25) is 9.11 Å². The van der Waals surface area contributed by atoms with Crippen molar-refractivity contribution in [3.05, 3.63) is 173 Å². The lowest BCUT2D eigenvalue weighted by Gasteiger charge is -2.08. The van der Waals surface area contributed by atoms with Gasteiger partial charge in [-0.05, 0) is 134 Å². The van der Waals surface area contributed by atoms with Gasteiger partial charge < -0.3 is 0 Å². The van der Waals surface area contributed by atoms with Crippen LogP contribution in [0.4, 0.5) is 45.5 Å². The standard InChI is InChI=1S/C44H37N11O6S2.2O3S/c1-28-23-31(9-20-39(28)53-51-35-13-11-34(12-14-35)49-50-36-15-18-38(19-16-36)62(56,57)58)25-43-45-30(3)46-44(47-43)26-32-10-21-40(29(2)24-32)54-55-41-22-17-37(27-42(41)63(59,60)61)52-48-33-7-5-4-6-8-33;2*1-4(2)3/h4-24,27H,25-26H2,1-3H3,(H,56,57,58)(H,59,60,61);;. The lowest BCUT2D eigenvalue weighted by Crippen LogP contribution is -2.07. The minimum atomic E-state index is -4.65. The highest BCUT2D eigenvalue weighted by atomic mass is 32.2. The van der Waals surface area contributed by atoms with Crippen molar-refractivity contribution in [3.8, 4) is 0 Å². The van der Waals surface area contributed by atoms with Crippen LogP contribution in [0.15, 0.2) is 184 Å².